The van der Waals surface area contributed by atoms with Crippen molar-refractivity contribution < 1.29 is 121 Å². The molecule has 12 atom stereocenters. The van der Waals surface area contributed by atoms with Crippen molar-refractivity contribution in [2.75, 3.05) is 44.0 Å². The summed E-state index contributed by atoms with van der Waals surface area (Å²) >= 11 is 0. The maximum atomic E-state index is 14.8. The lowest BCUT2D eigenvalue weighted by atomic mass is 10.00. The van der Waals surface area contributed by atoms with E-state index in [0.29, 0.717) is 17.4 Å². The number of nitro benzene ring substituents is 2. The molecule has 0 aliphatic rings. The molecule has 1 heterocycles. The van der Waals surface area contributed by atoms with E-state index in [1.807, 2.05) is 0 Å². The molecule has 1 aromatic heterocycles. The number of anilines is 2. The molecule has 700 valence electrons. The Labute approximate surface area is 730 Å². The van der Waals surface area contributed by atoms with Crippen LogP contribution in [0.5, 0.6) is 5.75 Å². The van der Waals surface area contributed by atoms with Crippen molar-refractivity contribution in [1.29, 1.82) is 10.8 Å². The van der Waals surface area contributed by atoms with Crippen LogP contribution in [0.15, 0.2) is 82.0 Å². The molecule has 0 saturated heterocycles. The minimum absolute atomic E-state index is 0.00363. The van der Waals surface area contributed by atoms with E-state index < -0.39 is 263 Å². The number of guanidine groups is 2. The average molecular weight is 1800 g/mol. The van der Waals surface area contributed by atoms with Crippen LogP contribution in [0.4, 0.5) is 22.7 Å². The molecule has 0 spiro atoms. The van der Waals surface area contributed by atoms with Gasteiger partial charge in [0.1, 0.15) is 89.5 Å². The van der Waals surface area contributed by atoms with Crippen molar-refractivity contribution in [3.8, 4) is 5.75 Å². The molecule has 12 amide bonds. The monoisotopic (exact) mass is 1800 g/mol. The van der Waals surface area contributed by atoms with Gasteiger partial charge in [0.2, 0.25) is 70.9 Å². The van der Waals surface area contributed by atoms with Gasteiger partial charge in [-0.1, -0.05) is 58.0 Å². The number of hydrogen-bond donors (Lipinski definition) is 25. The van der Waals surface area contributed by atoms with Gasteiger partial charge in [-0.3, -0.25) is 103 Å². The van der Waals surface area contributed by atoms with Crippen LogP contribution in [0.1, 0.15) is 130 Å². The third kappa shape index (κ3) is 36.6. The Morgan fingerprint density at radius 3 is 1.51 bits per heavy atom. The molecule has 4 aromatic rings. The molecule has 50 heteroatoms. The number of nitrogens with zero attached hydrogens (tertiary/aromatic N) is 2. The Bertz CT molecular complexity index is 4730. The first-order chi connectivity index (χ1) is 60.3. The lowest BCUT2D eigenvalue weighted by molar-refractivity contribution is -0.393. The Kier molecular flexibility index (Phi) is 43.5. The molecular weight excluding hydrogens is 1690 g/mol. The SMILES string of the molecule is COc1ccc2c(N[C@@H](CO)C(=O)N[C@@H](CCC(=O)O)C(=O)N[C@H](C(=O)N[C@@H](CC(N)=O)C(=O)N[C@@H](CC(C)C)C(=O)N[C@@H](CC(=O)O)C(=O)N[C@@H](C)C(=O)N[C@@H](CCC(=O)O)C(=O)N[C@@H](Cc3ccccc3)C(=O)N[C@@H](CCCCN)C(=O)N[C@@H](CCCNC(=N)Nc3ccc([N+](=O)[O-])cc3[N+](=O)[O-])C(=O)N[C@@H](CCCNC(=N)N)C(=O)O)C(C)C)cc(=O)oc2c1. The minimum atomic E-state index is -2.11. The number of fused-ring (bicyclic) bond motifs is 1. The quantitative estimate of drug-likeness (QED) is 0.00513. The number of rotatable bonds is 57. The van der Waals surface area contributed by atoms with E-state index in [-0.39, 0.29) is 99.8 Å². The van der Waals surface area contributed by atoms with Gasteiger partial charge in [-0.05, 0) is 113 Å². The van der Waals surface area contributed by atoms with E-state index >= 15 is 0 Å². The highest BCUT2D eigenvalue weighted by molar-refractivity contribution is 6.02. The number of aliphatic hydroxyl groups is 1. The molecule has 0 aliphatic carbocycles. The number of non-ortho nitro benzene ring substituents is 1. The summed E-state index contributed by atoms with van der Waals surface area (Å²) in [5.74, 6) is -22.5. The number of hydrogen-bond acceptors (Lipinski definition) is 28. The van der Waals surface area contributed by atoms with Crippen LogP contribution < -0.4 is 107 Å². The number of aliphatic carboxylic acids is 4. The number of carboxylic acid groups (broad SMARTS) is 4. The highest BCUT2D eigenvalue weighted by atomic mass is 16.6. The van der Waals surface area contributed by atoms with Crippen molar-refractivity contribution in [2.24, 2.45) is 29.0 Å². The van der Waals surface area contributed by atoms with E-state index in [2.05, 4.69) is 79.8 Å². The van der Waals surface area contributed by atoms with Gasteiger partial charge in [0.05, 0.1) is 48.2 Å². The van der Waals surface area contributed by atoms with Gasteiger partial charge in [-0.2, -0.15) is 0 Å². The molecule has 4 rings (SSSR count). The number of methoxy groups -OCH3 is 1. The fourth-order valence-electron chi connectivity index (χ4n) is 12.4. The number of aliphatic hydroxyl groups excluding tert-OH is 1. The number of nitro groups is 2. The molecule has 0 saturated carbocycles. The van der Waals surface area contributed by atoms with Gasteiger partial charge in [0.25, 0.3) is 11.4 Å². The number of nitrogens with two attached hydrogens (primary N) is 3. The van der Waals surface area contributed by atoms with Crippen LogP contribution in [0.25, 0.3) is 11.0 Å². The van der Waals surface area contributed by atoms with Crippen molar-refractivity contribution in [2.45, 2.75) is 203 Å². The third-order valence-electron chi connectivity index (χ3n) is 19.1. The molecule has 0 aliphatic heterocycles. The maximum Gasteiger partial charge on any atom is 0.338 e. The van der Waals surface area contributed by atoms with E-state index in [1.54, 1.807) is 44.2 Å². The lowest BCUT2D eigenvalue weighted by Gasteiger charge is -2.29. The molecule has 0 radical (unpaired) electrons. The predicted molar refractivity (Wildman–Crippen MR) is 453 cm³/mol. The first-order valence-corrected chi connectivity index (χ1v) is 40.2. The Hall–Kier alpha value is -14.7. The number of amides is 12. The van der Waals surface area contributed by atoms with E-state index in [0.717, 1.165) is 25.1 Å². The second-order valence-corrected chi connectivity index (χ2v) is 30.1. The second-order valence-electron chi connectivity index (χ2n) is 30.1. The van der Waals surface area contributed by atoms with E-state index in [1.165, 1.54) is 39.2 Å². The zero-order valence-electron chi connectivity index (χ0n) is 70.7. The first-order valence-electron chi connectivity index (χ1n) is 40.2. The average Bonchev–Trinajstić information content (AvgIpc) is 0.801. The van der Waals surface area contributed by atoms with Gasteiger partial charge in [0.15, 0.2) is 11.9 Å². The number of unbranched alkanes of at least 4 members (excludes halogenated alkanes) is 1. The molecule has 50 nitrogen and oxygen atoms in total. The van der Waals surface area contributed by atoms with Gasteiger partial charge in [-0.15, -0.1) is 0 Å². The van der Waals surface area contributed by atoms with Gasteiger partial charge < -0.3 is 132 Å². The molecule has 0 fully saturated rings. The first kappa shape index (κ1) is 106. The van der Waals surface area contributed by atoms with Crippen LogP contribution in [0, 0.1) is 42.9 Å². The van der Waals surface area contributed by atoms with E-state index in [4.69, 9.17) is 37.2 Å². The standard InChI is InChI=1S/C78H110N22O28/c1-38(2)30-52(93-73(118)54(34-59(80)102)96-75(120)64(39(3)4)98-69(114)49(24-26-61(105)106)91-74(119)56(37-101)87-51-36-63(109)128-58-33-43(127-6)20-21-44(51)58)71(116)95-55(35-62(107)108)70(115)86-40(5)65(110)88-48(23-25-60(103)104)68(113)94-53(31-41-14-8-7-9-15-41)72(117)90-46(16-10-11-27-79)66(111)89-47(67(112)92-50(76(121)122)18-13-28-84-77(81)82)17-12-29-85-78(83)97-45-22-19-42(99(123)124)32-57(45)100(125)126/h7-9,14-15,19-22,32-33,36,38-40,46-50,52-56,64,87,101H,10-13,16-18,23-31,34-35,37,79H2,1-6H3,(H2,80,102)(H,86,115)(H,88,110)(H,89,111)(H,90,117)(H,91,119)(H,92,112)(H,93,118)(H,94,113)(H,95,116)(H,96,120)(H,98,114)(H,103,104)(H,105,106)(H,107,108)(H,121,122)(H4,81,82,84)(H3,83,85,97)/t40-,46-,47-,48-,49-,50-,52-,53-,54-,55-,56-,64-/m0/s1. The normalized spacial score (nSPS) is 13.8. The zero-order chi connectivity index (χ0) is 95.8. The fraction of sp³-hybridized carbons (Fsp3) is 0.500. The lowest BCUT2D eigenvalue weighted by Crippen LogP contribution is -2.61. The topological polar surface area (TPSA) is 806 Å². The molecule has 0 unspecified atom stereocenters. The summed E-state index contributed by atoms with van der Waals surface area (Å²) in [4.78, 5) is 252. The molecule has 3 aromatic carbocycles. The summed E-state index contributed by atoms with van der Waals surface area (Å²) < 4.78 is 10.4. The number of primary amides is 1. The minimum Gasteiger partial charge on any atom is -0.497 e. The molecular formula is C78H110N22O28. The molecule has 128 heavy (non-hydrogen) atoms. The zero-order valence-corrected chi connectivity index (χ0v) is 70.7. The number of ether oxygens (including phenoxy) is 1. The summed E-state index contributed by atoms with van der Waals surface area (Å²) in [6.45, 7) is 5.92. The maximum absolute atomic E-state index is 14.8. The molecule has 28 N–H and O–H groups in total. The summed E-state index contributed by atoms with van der Waals surface area (Å²) in [5.41, 5.74) is 14.5. The van der Waals surface area contributed by atoms with Gasteiger partial charge in [-0.25, -0.2) is 9.59 Å². The van der Waals surface area contributed by atoms with E-state index in [9.17, 15) is 127 Å². The van der Waals surface area contributed by atoms with Crippen LogP contribution in [-0.2, 0) is 83.1 Å². The summed E-state index contributed by atoms with van der Waals surface area (Å²) in [5, 5.41) is 125. The van der Waals surface area contributed by atoms with Crippen molar-refractivity contribution in [3.05, 3.63) is 109 Å². The number of carbonyl (C=O) groups is 16. The highest BCUT2D eigenvalue weighted by Crippen LogP contribution is 2.30. The largest absolute Gasteiger partial charge is 0.497 e. The summed E-state index contributed by atoms with van der Waals surface area (Å²) in [6.07, 6.45) is -6.26. The van der Waals surface area contributed by atoms with Crippen LogP contribution in [0.3, 0.4) is 0 Å². The van der Waals surface area contributed by atoms with Crippen molar-refractivity contribution in [3.63, 3.8) is 0 Å². The smallest absolute Gasteiger partial charge is 0.338 e. The Balaban J connectivity index is 1.58. The van der Waals surface area contributed by atoms with Crippen LogP contribution >= 0.6 is 0 Å². The van der Waals surface area contributed by atoms with Gasteiger partial charge in [0, 0.05) is 55.9 Å². The van der Waals surface area contributed by atoms with Crippen molar-refractivity contribution >= 4 is 140 Å². The van der Waals surface area contributed by atoms with Crippen molar-refractivity contribution in [1.82, 2.24) is 69.1 Å². The summed E-state index contributed by atoms with van der Waals surface area (Å²) in [6, 6.07) is -5.34. The predicted octanol–water partition coefficient (Wildman–Crippen LogP) is -3.34. The van der Waals surface area contributed by atoms with Crippen LogP contribution in [-0.4, -0.2) is 248 Å². The highest BCUT2D eigenvalue weighted by Gasteiger charge is 2.39. The Morgan fingerprint density at radius 1 is 0.500 bits per heavy atom. The number of benzene rings is 3. The summed E-state index contributed by atoms with van der Waals surface area (Å²) in [7, 11) is 1.36. The molecule has 0 bridgehead atoms. The number of nitrogens with one attached hydrogen (secondary N) is 17. The third-order valence-corrected chi connectivity index (χ3v) is 19.1. The fourth-order valence-corrected chi connectivity index (χ4v) is 12.4. The Morgan fingerprint density at radius 2 is 0.984 bits per heavy atom. The number of carbonyl (C=O) groups excluding carboxylic acids is 12. The second kappa shape index (κ2) is 52.8. The van der Waals surface area contributed by atoms with Gasteiger partial charge >= 0.3 is 29.5 Å². The van der Waals surface area contributed by atoms with Crippen LogP contribution in [0.2, 0.25) is 0 Å². The number of carboxylic acids is 4.